The van der Waals surface area contributed by atoms with Crippen molar-refractivity contribution < 1.29 is 0 Å². The van der Waals surface area contributed by atoms with Crippen LogP contribution in [0.15, 0.2) is 121 Å². The van der Waals surface area contributed by atoms with Gasteiger partial charge in [-0.2, -0.15) is 0 Å². The van der Waals surface area contributed by atoms with E-state index in [0.29, 0.717) is 0 Å². The number of hydrogen-bond donors (Lipinski definition) is 0. The Kier molecular flexibility index (Phi) is 4.89. The molecule has 5 rings (SSSR count). The van der Waals surface area contributed by atoms with Gasteiger partial charge in [-0.15, -0.1) is 0 Å². The molecule has 0 saturated heterocycles. The fourth-order valence-corrected chi connectivity index (χ4v) is 3.72. The lowest BCUT2D eigenvalue weighted by atomic mass is 9.91. The van der Waals surface area contributed by atoms with Crippen molar-refractivity contribution in [3.8, 4) is 44.9 Å². The Balaban J connectivity index is 1.88. The van der Waals surface area contributed by atoms with Gasteiger partial charge in [0.25, 0.3) is 0 Å². The van der Waals surface area contributed by atoms with Crippen molar-refractivity contribution in [2.45, 2.75) is 0 Å². The fraction of sp³-hybridized carbons (Fsp3) is 0. The van der Waals surface area contributed by atoms with Gasteiger partial charge in [-0.1, -0.05) is 97.1 Å². The second-order valence-electron chi connectivity index (χ2n) is 7.09. The van der Waals surface area contributed by atoms with Gasteiger partial charge in [0.1, 0.15) is 0 Å². The standard InChI is InChI=1S/C28H20N2/c1-4-12-21(13-5-1)24-20-26(22-14-6-2-7-15-22)30-28(23-16-8-3-9-17-23)27(24)25-18-10-11-19-29-25/h1-20H. The molecule has 0 fully saturated rings. The van der Waals surface area contributed by atoms with Gasteiger partial charge in [0.2, 0.25) is 0 Å². The van der Waals surface area contributed by atoms with Crippen molar-refractivity contribution >= 4 is 0 Å². The SMILES string of the molecule is c1ccc(-c2cc(-c3ccccc3)c(-c3ccccn3)c(-c3ccccc3)n2)cc1. The van der Waals surface area contributed by atoms with Crippen molar-refractivity contribution in [1.29, 1.82) is 0 Å². The van der Waals surface area contributed by atoms with E-state index in [1.54, 1.807) is 0 Å². The number of nitrogens with zero attached hydrogens (tertiary/aromatic N) is 2. The molecule has 2 aromatic heterocycles. The molecule has 0 amide bonds. The monoisotopic (exact) mass is 384 g/mol. The second kappa shape index (κ2) is 8.14. The Labute approximate surface area is 176 Å². The molecule has 0 bridgehead atoms. The molecule has 0 aliphatic heterocycles. The Morgan fingerprint density at radius 2 is 1.03 bits per heavy atom. The van der Waals surface area contributed by atoms with Crippen LogP contribution in [0.25, 0.3) is 44.9 Å². The number of aromatic nitrogens is 2. The van der Waals surface area contributed by atoms with Crippen molar-refractivity contribution in [3.63, 3.8) is 0 Å². The second-order valence-corrected chi connectivity index (χ2v) is 7.09. The van der Waals surface area contributed by atoms with Crippen LogP contribution in [0.1, 0.15) is 0 Å². The van der Waals surface area contributed by atoms with E-state index < -0.39 is 0 Å². The van der Waals surface area contributed by atoms with Gasteiger partial charge >= 0.3 is 0 Å². The lowest BCUT2D eigenvalue weighted by Gasteiger charge is -2.17. The van der Waals surface area contributed by atoms with Gasteiger partial charge in [-0.05, 0) is 29.3 Å². The van der Waals surface area contributed by atoms with Crippen LogP contribution in [-0.4, -0.2) is 9.97 Å². The minimum Gasteiger partial charge on any atom is -0.256 e. The first kappa shape index (κ1) is 18.0. The number of benzene rings is 3. The maximum Gasteiger partial charge on any atom is 0.0809 e. The summed E-state index contributed by atoms with van der Waals surface area (Å²) in [7, 11) is 0. The minimum absolute atomic E-state index is 0.919. The van der Waals surface area contributed by atoms with Crippen LogP contribution in [0.4, 0.5) is 0 Å². The third-order valence-electron chi connectivity index (χ3n) is 5.14. The van der Waals surface area contributed by atoms with Crippen LogP contribution >= 0.6 is 0 Å². The van der Waals surface area contributed by atoms with Gasteiger partial charge < -0.3 is 0 Å². The Morgan fingerprint density at radius 3 is 1.63 bits per heavy atom. The van der Waals surface area contributed by atoms with E-state index in [1.807, 2.05) is 48.7 Å². The summed E-state index contributed by atoms with van der Waals surface area (Å²) in [4.78, 5) is 9.82. The molecule has 2 heterocycles. The van der Waals surface area contributed by atoms with Gasteiger partial charge in [-0.3, -0.25) is 4.98 Å². The number of pyridine rings is 2. The molecule has 0 unspecified atom stereocenters. The zero-order valence-corrected chi connectivity index (χ0v) is 16.4. The lowest BCUT2D eigenvalue weighted by molar-refractivity contribution is 1.28. The van der Waals surface area contributed by atoms with Gasteiger partial charge in [-0.25, -0.2) is 4.98 Å². The molecule has 5 aromatic rings. The topological polar surface area (TPSA) is 25.8 Å². The van der Waals surface area contributed by atoms with Crippen LogP contribution in [-0.2, 0) is 0 Å². The maximum atomic E-state index is 5.14. The third-order valence-corrected chi connectivity index (χ3v) is 5.14. The summed E-state index contributed by atoms with van der Waals surface area (Å²) in [6, 6.07) is 39.4. The third kappa shape index (κ3) is 3.51. The molecule has 2 heteroatoms. The molecule has 0 atom stereocenters. The first-order chi connectivity index (χ1) is 14.9. The predicted octanol–water partition coefficient (Wildman–Crippen LogP) is 7.14. The summed E-state index contributed by atoms with van der Waals surface area (Å²) >= 11 is 0. The molecular weight excluding hydrogens is 364 g/mol. The first-order valence-corrected chi connectivity index (χ1v) is 10.0. The van der Waals surface area contributed by atoms with Crippen molar-refractivity contribution in [1.82, 2.24) is 9.97 Å². The molecule has 0 spiro atoms. The van der Waals surface area contributed by atoms with Gasteiger partial charge in [0, 0.05) is 22.9 Å². The Bertz CT molecular complexity index is 1190. The minimum atomic E-state index is 0.919. The van der Waals surface area contributed by atoms with Gasteiger partial charge in [0.05, 0.1) is 17.1 Å². The molecule has 0 radical (unpaired) electrons. The maximum absolute atomic E-state index is 5.14. The predicted molar refractivity (Wildman–Crippen MR) is 124 cm³/mol. The summed E-state index contributed by atoms with van der Waals surface area (Å²) in [5, 5.41) is 0. The molecule has 2 nitrogen and oxygen atoms in total. The normalized spacial score (nSPS) is 10.7. The Morgan fingerprint density at radius 1 is 0.467 bits per heavy atom. The lowest BCUT2D eigenvalue weighted by Crippen LogP contribution is -1.98. The van der Waals surface area contributed by atoms with Crippen LogP contribution < -0.4 is 0 Å². The highest BCUT2D eigenvalue weighted by atomic mass is 14.7. The number of hydrogen-bond acceptors (Lipinski definition) is 2. The van der Waals surface area contributed by atoms with Crippen molar-refractivity contribution in [2.75, 3.05) is 0 Å². The number of rotatable bonds is 4. The summed E-state index contributed by atoms with van der Waals surface area (Å²) in [5.74, 6) is 0. The first-order valence-electron chi connectivity index (χ1n) is 10.0. The molecule has 0 N–H and O–H groups in total. The summed E-state index contributed by atoms with van der Waals surface area (Å²) in [6.45, 7) is 0. The highest BCUT2D eigenvalue weighted by Gasteiger charge is 2.18. The summed E-state index contributed by atoms with van der Waals surface area (Å²) < 4.78 is 0. The smallest absolute Gasteiger partial charge is 0.0809 e. The van der Waals surface area contributed by atoms with E-state index in [1.165, 1.54) is 0 Å². The molecule has 0 aliphatic rings. The quantitative estimate of drug-likeness (QED) is 0.329. The van der Waals surface area contributed by atoms with E-state index in [2.05, 4.69) is 77.8 Å². The molecular formula is C28H20N2. The van der Waals surface area contributed by atoms with E-state index in [0.717, 1.165) is 44.9 Å². The zero-order chi connectivity index (χ0) is 20.2. The highest BCUT2D eigenvalue weighted by molar-refractivity contribution is 5.93. The van der Waals surface area contributed by atoms with Gasteiger partial charge in [0.15, 0.2) is 0 Å². The summed E-state index contributed by atoms with van der Waals surface area (Å²) in [5.41, 5.74) is 8.31. The largest absolute Gasteiger partial charge is 0.256 e. The van der Waals surface area contributed by atoms with Crippen LogP contribution in [0.2, 0.25) is 0 Å². The van der Waals surface area contributed by atoms with Crippen LogP contribution in [0, 0.1) is 0 Å². The van der Waals surface area contributed by atoms with Crippen molar-refractivity contribution in [2.24, 2.45) is 0 Å². The van der Waals surface area contributed by atoms with E-state index in [9.17, 15) is 0 Å². The molecule has 0 aliphatic carbocycles. The molecule has 3 aromatic carbocycles. The van der Waals surface area contributed by atoms with Crippen LogP contribution in [0.3, 0.4) is 0 Å². The van der Waals surface area contributed by atoms with E-state index in [-0.39, 0.29) is 0 Å². The van der Waals surface area contributed by atoms with E-state index >= 15 is 0 Å². The Hall–Kier alpha value is -4.04. The zero-order valence-electron chi connectivity index (χ0n) is 16.4. The van der Waals surface area contributed by atoms with Crippen molar-refractivity contribution in [3.05, 3.63) is 121 Å². The summed E-state index contributed by atoms with van der Waals surface area (Å²) in [6.07, 6.45) is 1.84. The van der Waals surface area contributed by atoms with Crippen LogP contribution in [0.5, 0.6) is 0 Å². The molecule has 142 valence electrons. The average molecular weight is 384 g/mol. The highest BCUT2D eigenvalue weighted by Crippen LogP contribution is 2.40. The molecule has 30 heavy (non-hydrogen) atoms. The molecule has 0 saturated carbocycles. The van der Waals surface area contributed by atoms with E-state index in [4.69, 9.17) is 4.98 Å². The fourth-order valence-electron chi connectivity index (χ4n) is 3.72. The average Bonchev–Trinajstić information content (AvgIpc) is 2.85.